The predicted octanol–water partition coefficient (Wildman–Crippen LogP) is 2.42. The first-order chi connectivity index (χ1) is 11.8. The van der Waals surface area contributed by atoms with Gasteiger partial charge in [-0.05, 0) is 36.3 Å². The van der Waals surface area contributed by atoms with Gasteiger partial charge < -0.3 is 20.5 Å². The van der Waals surface area contributed by atoms with Crippen molar-refractivity contribution < 1.29 is 19.4 Å². The normalized spacial score (nSPS) is 27.4. The first-order valence-electron chi connectivity index (χ1n) is 8.80. The highest BCUT2D eigenvalue weighted by Crippen LogP contribution is 2.52. The molecule has 1 saturated carbocycles. The van der Waals surface area contributed by atoms with E-state index in [1.54, 1.807) is 0 Å². The van der Waals surface area contributed by atoms with E-state index in [0.29, 0.717) is 13.0 Å². The van der Waals surface area contributed by atoms with Gasteiger partial charge in [-0.25, -0.2) is 4.79 Å². The van der Waals surface area contributed by atoms with Crippen LogP contribution in [-0.4, -0.2) is 35.8 Å². The number of carboxylic acids is 1. The van der Waals surface area contributed by atoms with Crippen molar-refractivity contribution in [2.45, 2.75) is 45.8 Å². The summed E-state index contributed by atoms with van der Waals surface area (Å²) in [7, 11) is 0. The van der Waals surface area contributed by atoms with E-state index in [1.165, 1.54) is 5.56 Å². The Balaban J connectivity index is 1.44. The second kappa shape index (κ2) is 6.58. The molecule has 0 spiro atoms. The molecule has 6 nitrogen and oxygen atoms in total. The topological polar surface area (TPSA) is 87.7 Å². The number of urea groups is 1. The van der Waals surface area contributed by atoms with Gasteiger partial charge in [-0.3, -0.25) is 4.79 Å². The van der Waals surface area contributed by atoms with Gasteiger partial charge in [0.25, 0.3) is 0 Å². The quantitative estimate of drug-likeness (QED) is 0.764. The van der Waals surface area contributed by atoms with E-state index in [1.807, 2.05) is 45.0 Å². The van der Waals surface area contributed by atoms with Crippen molar-refractivity contribution in [3.63, 3.8) is 0 Å². The summed E-state index contributed by atoms with van der Waals surface area (Å²) in [6.07, 6.45) is 1.35. The summed E-state index contributed by atoms with van der Waals surface area (Å²) >= 11 is 0. The molecule has 2 unspecified atom stereocenters. The Morgan fingerprint density at radius 3 is 2.72 bits per heavy atom. The molecule has 6 heteroatoms. The zero-order valence-corrected chi connectivity index (χ0v) is 14.9. The molecular weight excluding hydrogens is 320 g/mol. The van der Waals surface area contributed by atoms with Gasteiger partial charge in [-0.15, -0.1) is 0 Å². The molecule has 4 atom stereocenters. The van der Waals surface area contributed by atoms with Crippen LogP contribution < -0.4 is 15.4 Å². The number of carbonyl (C=O) groups is 2. The highest BCUT2D eigenvalue weighted by atomic mass is 16.5. The van der Waals surface area contributed by atoms with Gasteiger partial charge in [0, 0.05) is 12.5 Å². The minimum atomic E-state index is -0.754. The number of ether oxygens (including phenoxy) is 1. The Morgan fingerprint density at radius 1 is 1.36 bits per heavy atom. The highest BCUT2D eigenvalue weighted by molar-refractivity contribution is 5.75. The molecule has 1 aromatic carbocycles. The number of carbonyl (C=O) groups excluding carboxylic acids is 1. The molecule has 3 rings (SSSR count). The fourth-order valence-corrected chi connectivity index (χ4v) is 4.16. The molecular formula is C19H26N2O4. The van der Waals surface area contributed by atoms with Crippen LogP contribution >= 0.6 is 0 Å². The maximum Gasteiger partial charge on any atom is 0.315 e. The standard InChI is InChI=1S/C19H26N2O4/c1-11(14-9-15(17(22)23)19(14,2)3)21-18(24)20-10-13-8-12-6-4-5-7-16(12)25-13/h4-7,11,13-15H,8-10H2,1-3H3,(H,22,23)(H2,20,21,24)/t11?,13?,14-,15+/m0/s1. The SMILES string of the molecule is CC(NC(=O)NCC1Cc2ccccc2O1)[C@@H]1C[C@H](C(=O)O)C1(C)C. The molecule has 25 heavy (non-hydrogen) atoms. The first kappa shape index (κ1) is 17.6. The molecule has 1 heterocycles. The minimum absolute atomic E-state index is 0.0463. The Hall–Kier alpha value is -2.24. The first-order valence-corrected chi connectivity index (χ1v) is 8.80. The van der Waals surface area contributed by atoms with Crippen molar-refractivity contribution in [1.82, 2.24) is 10.6 Å². The van der Waals surface area contributed by atoms with E-state index in [9.17, 15) is 14.7 Å². The van der Waals surface area contributed by atoms with E-state index in [0.717, 1.165) is 12.2 Å². The summed E-state index contributed by atoms with van der Waals surface area (Å²) in [5.41, 5.74) is 0.855. The van der Waals surface area contributed by atoms with Crippen molar-refractivity contribution in [2.75, 3.05) is 6.54 Å². The van der Waals surface area contributed by atoms with Crippen LogP contribution in [0, 0.1) is 17.3 Å². The minimum Gasteiger partial charge on any atom is -0.488 e. The van der Waals surface area contributed by atoms with Crippen molar-refractivity contribution in [2.24, 2.45) is 17.3 Å². The zero-order valence-electron chi connectivity index (χ0n) is 14.9. The summed E-state index contributed by atoms with van der Waals surface area (Å²) in [6.45, 7) is 6.30. The van der Waals surface area contributed by atoms with Crippen LogP contribution in [0.1, 0.15) is 32.8 Å². The third kappa shape index (κ3) is 3.43. The van der Waals surface area contributed by atoms with Crippen molar-refractivity contribution in [1.29, 1.82) is 0 Å². The van der Waals surface area contributed by atoms with Gasteiger partial charge in [0.15, 0.2) is 0 Å². The van der Waals surface area contributed by atoms with Crippen LogP contribution in [-0.2, 0) is 11.2 Å². The van der Waals surface area contributed by atoms with Gasteiger partial charge in [-0.2, -0.15) is 0 Å². The molecule has 1 aliphatic carbocycles. The number of benzene rings is 1. The number of nitrogens with one attached hydrogen (secondary N) is 2. The van der Waals surface area contributed by atoms with Crippen LogP contribution in [0.15, 0.2) is 24.3 Å². The van der Waals surface area contributed by atoms with Crippen molar-refractivity contribution >= 4 is 12.0 Å². The van der Waals surface area contributed by atoms with Gasteiger partial charge >= 0.3 is 12.0 Å². The Kier molecular flexibility index (Phi) is 4.62. The van der Waals surface area contributed by atoms with Crippen molar-refractivity contribution in [3.8, 4) is 5.75 Å². The lowest BCUT2D eigenvalue weighted by Gasteiger charge is -2.52. The van der Waals surface area contributed by atoms with E-state index in [-0.39, 0.29) is 35.4 Å². The van der Waals surface area contributed by atoms with Crippen LogP contribution in [0.2, 0.25) is 0 Å². The van der Waals surface area contributed by atoms with Gasteiger partial charge in [0.2, 0.25) is 0 Å². The smallest absolute Gasteiger partial charge is 0.315 e. The second-order valence-electron chi connectivity index (χ2n) is 7.75. The maximum absolute atomic E-state index is 12.2. The Labute approximate surface area is 147 Å². The van der Waals surface area contributed by atoms with Crippen LogP contribution in [0.5, 0.6) is 5.75 Å². The summed E-state index contributed by atoms with van der Waals surface area (Å²) in [5, 5.41) is 15.0. The summed E-state index contributed by atoms with van der Waals surface area (Å²) < 4.78 is 5.81. The molecule has 136 valence electrons. The summed E-state index contributed by atoms with van der Waals surface area (Å²) in [4.78, 5) is 23.4. The summed E-state index contributed by atoms with van der Waals surface area (Å²) in [6, 6.07) is 7.59. The van der Waals surface area contributed by atoms with Crippen molar-refractivity contribution in [3.05, 3.63) is 29.8 Å². The Morgan fingerprint density at radius 2 is 2.08 bits per heavy atom. The summed E-state index contributed by atoms with van der Waals surface area (Å²) in [5.74, 6) is -0.0450. The van der Waals surface area contributed by atoms with E-state index in [2.05, 4.69) is 10.6 Å². The van der Waals surface area contributed by atoms with Gasteiger partial charge in [0.1, 0.15) is 11.9 Å². The molecule has 0 bridgehead atoms. The average molecular weight is 346 g/mol. The number of rotatable bonds is 5. The molecule has 3 N–H and O–H groups in total. The molecule has 1 aromatic rings. The maximum atomic E-state index is 12.2. The predicted molar refractivity (Wildman–Crippen MR) is 93.6 cm³/mol. The number of aliphatic carboxylic acids is 1. The molecule has 0 radical (unpaired) electrons. The Bertz CT molecular complexity index is 648. The third-order valence-electron chi connectivity index (χ3n) is 5.81. The fourth-order valence-electron chi connectivity index (χ4n) is 4.16. The molecule has 1 fully saturated rings. The lowest BCUT2D eigenvalue weighted by Crippen LogP contribution is -2.58. The molecule has 0 saturated heterocycles. The molecule has 2 aliphatic rings. The van der Waals surface area contributed by atoms with E-state index >= 15 is 0 Å². The fraction of sp³-hybridized carbons (Fsp3) is 0.579. The molecule has 2 amide bonds. The number of amides is 2. The zero-order chi connectivity index (χ0) is 18.2. The van der Waals surface area contributed by atoms with Crippen LogP contribution in [0.4, 0.5) is 4.79 Å². The lowest BCUT2D eigenvalue weighted by molar-refractivity contribution is -0.160. The number of para-hydroxylation sites is 1. The number of hydrogen-bond donors (Lipinski definition) is 3. The average Bonchev–Trinajstić information content (AvgIpc) is 2.94. The van der Waals surface area contributed by atoms with Gasteiger partial charge in [0.05, 0.1) is 12.5 Å². The number of fused-ring (bicyclic) bond motifs is 1. The van der Waals surface area contributed by atoms with Crippen LogP contribution in [0.25, 0.3) is 0 Å². The number of carboxylic acid groups (broad SMARTS) is 1. The second-order valence-corrected chi connectivity index (χ2v) is 7.75. The van der Waals surface area contributed by atoms with E-state index in [4.69, 9.17) is 4.74 Å². The third-order valence-corrected chi connectivity index (χ3v) is 5.81. The monoisotopic (exact) mass is 346 g/mol. The molecule has 0 aromatic heterocycles. The van der Waals surface area contributed by atoms with Crippen LogP contribution in [0.3, 0.4) is 0 Å². The largest absolute Gasteiger partial charge is 0.488 e. The van der Waals surface area contributed by atoms with E-state index < -0.39 is 5.97 Å². The highest BCUT2D eigenvalue weighted by Gasteiger charge is 2.53. The number of hydrogen-bond acceptors (Lipinski definition) is 3. The lowest BCUT2D eigenvalue weighted by atomic mass is 9.53. The van der Waals surface area contributed by atoms with Gasteiger partial charge in [-0.1, -0.05) is 32.0 Å². The molecule has 1 aliphatic heterocycles.